The fraction of sp³-hybridized carbons (Fsp3) is 0.214. The molecular formula is C28H23Br2NO4. The second kappa shape index (κ2) is 9.63. The van der Waals surface area contributed by atoms with Gasteiger partial charge < -0.3 is 9.15 Å². The zero-order chi connectivity index (χ0) is 24.7. The average molecular weight is 597 g/mol. The number of hydrogen-bond acceptors (Lipinski definition) is 4. The number of carbonyl (C=O) groups excluding carboxylic acids is 1. The highest BCUT2D eigenvalue weighted by atomic mass is 79.9. The van der Waals surface area contributed by atoms with Crippen LogP contribution in [0.5, 0.6) is 5.75 Å². The summed E-state index contributed by atoms with van der Waals surface area (Å²) in [5.41, 5.74) is 1.94. The van der Waals surface area contributed by atoms with Gasteiger partial charge in [-0.05, 0) is 66.4 Å². The second-order valence-electron chi connectivity index (χ2n) is 8.98. The first kappa shape index (κ1) is 23.8. The Kier molecular flexibility index (Phi) is 6.55. The van der Waals surface area contributed by atoms with E-state index in [9.17, 15) is 9.59 Å². The summed E-state index contributed by atoms with van der Waals surface area (Å²) in [5.74, 6) is 0.949. The Bertz CT molecular complexity index is 1490. The topological polar surface area (TPSA) is 59.8 Å². The first-order valence-electron chi connectivity index (χ1n) is 11.4. The number of carbonyl (C=O) groups is 1. The van der Waals surface area contributed by atoms with Crippen LogP contribution in [0.25, 0.3) is 11.0 Å². The summed E-state index contributed by atoms with van der Waals surface area (Å²) in [5, 5.41) is 0.427. The molecular weight excluding hydrogens is 574 g/mol. The van der Waals surface area contributed by atoms with Gasteiger partial charge in [-0.2, -0.15) is 0 Å². The van der Waals surface area contributed by atoms with E-state index in [1.54, 1.807) is 23.1 Å². The van der Waals surface area contributed by atoms with Gasteiger partial charge in [-0.15, -0.1) is 0 Å². The summed E-state index contributed by atoms with van der Waals surface area (Å²) < 4.78 is 13.6. The van der Waals surface area contributed by atoms with E-state index in [0.29, 0.717) is 40.5 Å². The van der Waals surface area contributed by atoms with Gasteiger partial charge in [-0.1, -0.05) is 63.9 Å². The minimum absolute atomic E-state index is 0.0703. The van der Waals surface area contributed by atoms with Crippen LogP contribution in [0.3, 0.4) is 0 Å². The van der Waals surface area contributed by atoms with Crippen LogP contribution in [0.2, 0.25) is 0 Å². The van der Waals surface area contributed by atoms with E-state index in [2.05, 4.69) is 45.7 Å². The van der Waals surface area contributed by atoms with Gasteiger partial charge in [0, 0.05) is 14.6 Å². The van der Waals surface area contributed by atoms with Crippen LogP contribution in [-0.4, -0.2) is 12.5 Å². The number of amides is 1. The van der Waals surface area contributed by atoms with E-state index in [1.807, 2.05) is 48.5 Å². The molecule has 7 heteroatoms. The predicted molar refractivity (Wildman–Crippen MR) is 144 cm³/mol. The van der Waals surface area contributed by atoms with Crippen molar-refractivity contribution in [1.82, 2.24) is 0 Å². The van der Waals surface area contributed by atoms with Gasteiger partial charge in [-0.25, -0.2) is 0 Å². The molecule has 0 fully saturated rings. The Morgan fingerprint density at radius 1 is 0.971 bits per heavy atom. The SMILES string of the molecule is CC(C)CCOc1cccc(C2c3c(oc4ccc(Br)cc4c3=O)C(=O)N2c2cccc(Br)c2)c1. The third kappa shape index (κ3) is 4.55. The van der Waals surface area contributed by atoms with Gasteiger partial charge in [0.25, 0.3) is 5.91 Å². The van der Waals surface area contributed by atoms with Crippen molar-refractivity contribution in [1.29, 1.82) is 0 Å². The summed E-state index contributed by atoms with van der Waals surface area (Å²) in [6.45, 7) is 4.90. The van der Waals surface area contributed by atoms with Crippen molar-refractivity contribution in [2.45, 2.75) is 26.3 Å². The largest absolute Gasteiger partial charge is 0.494 e. The maximum atomic E-state index is 13.8. The highest BCUT2D eigenvalue weighted by molar-refractivity contribution is 9.10. The highest BCUT2D eigenvalue weighted by Gasteiger charge is 2.43. The molecule has 1 unspecified atom stereocenters. The molecule has 5 rings (SSSR count). The van der Waals surface area contributed by atoms with Crippen molar-refractivity contribution in [3.8, 4) is 5.75 Å². The Morgan fingerprint density at radius 3 is 2.51 bits per heavy atom. The molecule has 1 aliphatic rings. The van der Waals surface area contributed by atoms with Crippen molar-refractivity contribution in [3.05, 3.63) is 103 Å². The molecule has 1 aliphatic heterocycles. The van der Waals surface area contributed by atoms with Crippen LogP contribution in [0.4, 0.5) is 5.69 Å². The normalized spacial score (nSPS) is 15.2. The molecule has 0 radical (unpaired) electrons. The van der Waals surface area contributed by atoms with Gasteiger partial charge in [0.2, 0.25) is 5.76 Å². The molecule has 0 N–H and O–H groups in total. The molecule has 1 atom stereocenters. The lowest BCUT2D eigenvalue weighted by molar-refractivity contribution is 0.0971. The van der Waals surface area contributed by atoms with Gasteiger partial charge in [-0.3, -0.25) is 14.5 Å². The number of hydrogen-bond donors (Lipinski definition) is 0. The highest BCUT2D eigenvalue weighted by Crippen LogP contribution is 2.42. The third-order valence-corrected chi connectivity index (χ3v) is 7.04. The Labute approximate surface area is 220 Å². The molecule has 178 valence electrons. The molecule has 0 aliphatic carbocycles. The fourth-order valence-corrected chi connectivity index (χ4v) is 5.09. The van der Waals surface area contributed by atoms with Crippen LogP contribution < -0.4 is 15.1 Å². The van der Waals surface area contributed by atoms with Crippen molar-refractivity contribution in [2.75, 3.05) is 11.5 Å². The Hall–Kier alpha value is -2.90. The van der Waals surface area contributed by atoms with Crippen molar-refractivity contribution < 1.29 is 13.9 Å². The van der Waals surface area contributed by atoms with E-state index in [-0.39, 0.29) is 17.1 Å². The van der Waals surface area contributed by atoms with E-state index in [1.165, 1.54) is 0 Å². The lowest BCUT2D eigenvalue weighted by Gasteiger charge is -2.25. The van der Waals surface area contributed by atoms with Gasteiger partial charge in [0.15, 0.2) is 5.43 Å². The van der Waals surface area contributed by atoms with Crippen LogP contribution in [-0.2, 0) is 0 Å². The van der Waals surface area contributed by atoms with Crippen LogP contribution in [0, 0.1) is 5.92 Å². The quantitative estimate of drug-likeness (QED) is 0.231. The molecule has 1 aromatic heterocycles. The molecule has 5 nitrogen and oxygen atoms in total. The third-order valence-electron chi connectivity index (χ3n) is 6.06. The zero-order valence-corrected chi connectivity index (χ0v) is 22.4. The number of ether oxygens (including phenoxy) is 1. The van der Waals surface area contributed by atoms with Gasteiger partial charge in [0.05, 0.1) is 23.6 Å². The van der Waals surface area contributed by atoms with E-state index < -0.39 is 6.04 Å². The number of fused-ring (bicyclic) bond motifs is 2. The second-order valence-corrected chi connectivity index (χ2v) is 10.8. The van der Waals surface area contributed by atoms with E-state index >= 15 is 0 Å². The molecule has 0 saturated carbocycles. The van der Waals surface area contributed by atoms with Crippen molar-refractivity contribution in [2.24, 2.45) is 5.92 Å². The molecule has 3 aromatic carbocycles. The van der Waals surface area contributed by atoms with Crippen molar-refractivity contribution in [3.63, 3.8) is 0 Å². The standard InChI is InChI=1S/C28H23Br2NO4/c1-16(2)11-12-34-21-8-3-5-17(13-21)25-24-26(32)22-15-19(30)9-10-23(22)35-27(24)28(33)31(25)20-7-4-6-18(29)14-20/h3-10,13-16,25H,11-12H2,1-2H3. The number of nitrogens with zero attached hydrogens (tertiary/aromatic N) is 1. The maximum Gasteiger partial charge on any atom is 0.295 e. The summed E-state index contributed by atoms with van der Waals surface area (Å²) in [7, 11) is 0. The summed E-state index contributed by atoms with van der Waals surface area (Å²) in [4.78, 5) is 29.1. The van der Waals surface area contributed by atoms with Crippen molar-refractivity contribution >= 4 is 54.4 Å². The fourth-order valence-electron chi connectivity index (χ4n) is 4.34. The Morgan fingerprint density at radius 2 is 1.74 bits per heavy atom. The summed E-state index contributed by atoms with van der Waals surface area (Å²) in [6, 6.07) is 19.6. The molecule has 2 heterocycles. The first-order chi connectivity index (χ1) is 16.8. The minimum atomic E-state index is -0.653. The average Bonchev–Trinajstić information content (AvgIpc) is 3.12. The number of benzene rings is 3. The zero-order valence-electron chi connectivity index (χ0n) is 19.3. The van der Waals surface area contributed by atoms with Gasteiger partial charge >= 0.3 is 0 Å². The molecule has 4 aromatic rings. The van der Waals surface area contributed by atoms with E-state index in [0.717, 1.165) is 20.9 Å². The summed E-state index contributed by atoms with van der Waals surface area (Å²) >= 11 is 6.94. The number of rotatable bonds is 6. The molecule has 0 bridgehead atoms. The minimum Gasteiger partial charge on any atom is -0.494 e. The molecule has 0 spiro atoms. The first-order valence-corrected chi connectivity index (χ1v) is 13.0. The predicted octanol–water partition coefficient (Wildman–Crippen LogP) is 7.49. The van der Waals surface area contributed by atoms with Crippen LogP contribution in [0.15, 0.2) is 84.9 Å². The summed E-state index contributed by atoms with van der Waals surface area (Å²) in [6.07, 6.45) is 0.934. The van der Waals surface area contributed by atoms with Crippen LogP contribution in [0.1, 0.15) is 48.0 Å². The lowest BCUT2D eigenvalue weighted by atomic mass is 9.98. The van der Waals surface area contributed by atoms with Gasteiger partial charge in [0.1, 0.15) is 11.3 Å². The van der Waals surface area contributed by atoms with Crippen LogP contribution >= 0.6 is 31.9 Å². The number of halogens is 2. The lowest BCUT2D eigenvalue weighted by Crippen LogP contribution is -2.29. The van der Waals surface area contributed by atoms with E-state index in [4.69, 9.17) is 9.15 Å². The Balaban J connectivity index is 1.69. The number of anilines is 1. The molecule has 1 amide bonds. The molecule has 0 saturated heterocycles. The smallest absolute Gasteiger partial charge is 0.295 e. The monoisotopic (exact) mass is 595 g/mol. The maximum absolute atomic E-state index is 13.8. The molecule has 35 heavy (non-hydrogen) atoms.